The Bertz CT molecular complexity index is 998. The molecule has 0 atom stereocenters. The molecule has 0 saturated carbocycles. The number of rotatable bonds is 6. The first kappa shape index (κ1) is 32.6. The van der Waals surface area contributed by atoms with Gasteiger partial charge in [-0.2, -0.15) is 0 Å². The molecule has 1 aliphatic carbocycles. The van der Waals surface area contributed by atoms with Crippen molar-refractivity contribution >= 4 is 11.6 Å². The number of hydrogen-bond acceptors (Lipinski definition) is 6. The fraction of sp³-hybridized carbons (Fsp3) is 0.586. The maximum Gasteiger partial charge on any atom is 0.185 e. The van der Waals surface area contributed by atoms with Gasteiger partial charge in [-0.1, -0.05) is 7.43 Å². The van der Waals surface area contributed by atoms with E-state index in [9.17, 15) is 30.0 Å². The minimum absolute atomic E-state index is 0. The number of hydrogen-bond donors (Lipinski definition) is 4. The number of carbonyl (C=O) groups excluding carboxylic acids is 2. The van der Waals surface area contributed by atoms with Crippen molar-refractivity contribution in [3.8, 4) is 11.5 Å². The normalized spacial score (nSPS) is 14.6. The van der Waals surface area contributed by atoms with Crippen LogP contribution in [0.2, 0.25) is 0 Å². The number of aromatic hydroxyl groups is 2. The summed E-state index contributed by atoms with van der Waals surface area (Å²) >= 11 is 0. The molecule has 4 N–H and O–H groups in total. The molecule has 2 rings (SSSR count). The molecule has 1 aliphatic rings. The van der Waals surface area contributed by atoms with Crippen molar-refractivity contribution in [2.45, 2.75) is 114 Å². The Balaban J connectivity index is 0.000000642. The van der Waals surface area contributed by atoms with Crippen LogP contribution >= 0.6 is 0 Å². The summed E-state index contributed by atoms with van der Waals surface area (Å²) < 4.78 is 0. The van der Waals surface area contributed by atoms with E-state index in [0.717, 1.165) is 5.56 Å². The standard InChI is InChI=1S/C14H22O3.C14H20O3.CH4/c2*1-8-9(2)13(16)11(10(3)12(8)15)6-7-14(4,5)17;/h15-17H,6-7H2,1-5H3;17H,6-7H2,1-5H3;1H4. The van der Waals surface area contributed by atoms with Crippen molar-refractivity contribution in [2.75, 3.05) is 0 Å². The maximum absolute atomic E-state index is 12.1. The van der Waals surface area contributed by atoms with Crippen LogP contribution < -0.4 is 0 Å². The van der Waals surface area contributed by atoms with E-state index < -0.39 is 11.2 Å². The van der Waals surface area contributed by atoms with Crippen LogP contribution in [0.1, 0.15) is 97.4 Å². The zero-order chi connectivity index (χ0) is 26.8. The van der Waals surface area contributed by atoms with Crippen LogP contribution in [0.15, 0.2) is 22.3 Å². The predicted octanol–water partition coefficient (Wildman–Crippen LogP) is 5.70. The van der Waals surface area contributed by atoms with Crippen molar-refractivity contribution in [1.29, 1.82) is 0 Å². The Hall–Kier alpha value is -2.44. The van der Waals surface area contributed by atoms with Gasteiger partial charge in [-0.05, 0) is 112 Å². The van der Waals surface area contributed by atoms with Gasteiger partial charge < -0.3 is 20.4 Å². The van der Waals surface area contributed by atoms with Gasteiger partial charge in [0.2, 0.25) is 0 Å². The summed E-state index contributed by atoms with van der Waals surface area (Å²) in [6.45, 7) is 17.3. The molecule has 0 unspecified atom stereocenters. The highest BCUT2D eigenvalue weighted by Gasteiger charge is 2.28. The fourth-order valence-corrected chi connectivity index (χ4v) is 3.81. The third-order valence-electron chi connectivity index (χ3n) is 6.65. The number of ketones is 2. The Kier molecular flexibility index (Phi) is 11.2. The van der Waals surface area contributed by atoms with Gasteiger partial charge in [-0.15, -0.1) is 0 Å². The highest BCUT2D eigenvalue weighted by molar-refractivity contribution is 6.24. The lowest BCUT2D eigenvalue weighted by atomic mass is 9.83. The molecule has 6 nitrogen and oxygen atoms in total. The summed E-state index contributed by atoms with van der Waals surface area (Å²) in [7, 11) is 0. The molecule has 1 aromatic rings. The molecular weight excluding hydrogens is 444 g/mol. The number of carbonyl (C=O) groups is 2. The Morgan fingerprint density at radius 3 is 1.46 bits per heavy atom. The Morgan fingerprint density at radius 2 is 1.00 bits per heavy atom. The van der Waals surface area contributed by atoms with Crippen LogP contribution in [-0.2, 0) is 16.0 Å². The van der Waals surface area contributed by atoms with Gasteiger partial charge in [-0.25, -0.2) is 0 Å². The molecule has 0 radical (unpaired) electrons. The highest BCUT2D eigenvalue weighted by Crippen LogP contribution is 2.37. The lowest BCUT2D eigenvalue weighted by Gasteiger charge is -2.22. The number of allylic oxidation sites excluding steroid dienone is 4. The van der Waals surface area contributed by atoms with Gasteiger partial charge in [0.1, 0.15) is 11.5 Å². The zero-order valence-corrected chi connectivity index (χ0v) is 22.4. The minimum Gasteiger partial charge on any atom is -0.507 e. The van der Waals surface area contributed by atoms with Gasteiger partial charge in [-0.3, -0.25) is 9.59 Å². The Morgan fingerprint density at radius 1 is 0.600 bits per heavy atom. The first-order valence-corrected chi connectivity index (χ1v) is 11.7. The molecule has 0 aliphatic heterocycles. The van der Waals surface area contributed by atoms with Gasteiger partial charge in [0.25, 0.3) is 0 Å². The SMILES string of the molecule is C.CC1=C(C)C(=O)C(CCC(C)(C)O)=C(C)C1=O.Cc1c(C)c(O)c(CCC(C)(C)O)c(C)c1O. The molecule has 0 fully saturated rings. The molecule has 6 heteroatoms. The third-order valence-corrected chi connectivity index (χ3v) is 6.65. The summed E-state index contributed by atoms with van der Waals surface area (Å²) in [5.41, 5.74) is 3.43. The lowest BCUT2D eigenvalue weighted by molar-refractivity contribution is -0.116. The van der Waals surface area contributed by atoms with E-state index in [4.69, 9.17) is 0 Å². The summed E-state index contributed by atoms with van der Waals surface area (Å²) in [5, 5.41) is 39.4. The predicted molar refractivity (Wildman–Crippen MR) is 142 cm³/mol. The third kappa shape index (κ3) is 8.32. The van der Waals surface area contributed by atoms with Crippen LogP contribution in [0, 0.1) is 20.8 Å². The van der Waals surface area contributed by atoms with E-state index in [1.54, 1.807) is 69.2 Å². The molecule has 1 aromatic carbocycles. The second-order valence-corrected chi connectivity index (χ2v) is 10.7. The number of benzene rings is 1. The minimum atomic E-state index is -0.819. The molecule has 0 heterocycles. The Labute approximate surface area is 211 Å². The second-order valence-electron chi connectivity index (χ2n) is 10.7. The van der Waals surface area contributed by atoms with E-state index in [2.05, 4.69) is 0 Å². The van der Waals surface area contributed by atoms with Gasteiger partial charge in [0.05, 0.1) is 11.2 Å². The van der Waals surface area contributed by atoms with Crippen LogP contribution in [0.4, 0.5) is 0 Å². The van der Waals surface area contributed by atoms with Crippen LogP contribution in [0.25, 0.3) is 0 Å². The van der Waals surface area contributed by atoms with Crippen LogP contribution in [-0.4, -0.2) is 43.2 Å². The van der Waals surface area contributed by atoms with Gasteiger partial charge >= 0.3 is 0 Å². The highest BCUT2D eigenvalue weighted by atomic mass is 16.3. The molecule has 0 bridgehead atoms. The summed E-state index contributed by atoms with van der Waals surface area (Å²) in [5.74, 6) is 0.379. The second kappa shape index (κ2) is 12.0. The van der Waals surface area contributed by atoms with Crippen molar-refractivity contribution in [2.24, 2.45) is 0 Å². The van der Waals surface area contributed by atoms with Crippen molar-refractivity contribution < 1.29 is 30.0 Å². The monoisotopic (exact) mass is 490 g/mol. The average molecular weight is 491 g/mol. The maximum atomic E-state index is 12.1. The average Bonchev–Trinajstić information content (AvgIpc) is 2.72. The van der Waals surface area contributed by atoms with E-state index in [-0.39, 0.29) is 30.5 Å². The summed E-state index contributed by atoms with van der Waals surface area (Å²) in [6.07, 6.45) is 2.02. The zero-order valence-electron chi connectivity index (χ0n) is 22.4. The van der Waals surface area contributed by atoms with E-state index in [1.165, 1.54) is 0 Å². The van der Waals surface area contributed by atoms with Crippen LogP contribution in [0.5, 0.6) is 11.5 Å². The largest absolute Gasteiger partial charge is 0.507 e. The molecule has 0 saturated heterocycles. The smallest absolute Gasteiger partial charge is 0.185 e. The first-order chi connectivity index (χ1) is 15.3. The number of Topliss-reactive ketones (excluding diaryl/α,β-unsaturated/α-hetero) is 2. The van der Waals surface area contributed by atoms with Crippen molar-refractivity contribution in [3.05, 3.63) is 44.5 Å². The molecular formula is C29H46O6. The lowest BCUT2D eigenvalue weighted by Crippen LogP contribution is -2.24. The van der Waals surface area contributed by atoms with E-state index in [1.807, 2.05) is 0 Å². The molecule has 0 amide bonds. The quantitative estimate of drug-likeness (QED) is 0.300. The molecule has 35 heavy (non-hydrogen) atoms. The van der Waals surface area contributed by atoms with Crippen LogP contribution in [0.3, 0.4) is 0 Å². The summed E-state index contributed by atoms with van der Waals surface area (Å²) in [4.78, 5) is 23.9. The first-order valence-electron chi connectivity index (χ1n) is 11.7. The summed E-state index contributed by atoms with van der Waals surface area (Å²) in [6, 6.07) is 0. The topological polar surface area (TPSA) is 115 Å². The molecule has 0 spiro atoms. The molecule has 0 aromatic heterocycles. The molecule has 198 valence electrons. The fourth-order valence-electron chi connectivity index (χ4n) is 3.81. The van der Waals surface area contributed by atoms with E-state index in [0.29, 0.717) is 64.7 Å². The van der Waals surface area contributed by atoms with E-state index >= 15 is 0 Å². The number of aliphatic hydroxyl groups is 2. The van der Waals surface area contributed by atoms with Gasteiger partial charge in [0, 0.05) is 27.9 Å². The number of phenolic OH excluding ortho intramolecular Hbond substituents is 2. The number of phenols is 2. The van der Waals surface area contributed by atoms with Crippen molar-refractivity contribution in [3.63, 3.8) is 0 Å². The van der Waals surface area contributed by atoms with Crippen molar-refractivity contribution in [1.82, 2.24) is 0 Å². The van der Waals surface area contributed by atoms with Gasteiger partial charge in [0.15, 0.2) is 11.6 Å².